The second kappa shape index (κ2) is 5.39. The monoisotopic (exact) mass is 269 g/mol. The fraction of sp³-hybridized carbons (Fsp3) is 0.0769. The number of benzene rings is 2. The molecule has 0 saturated carbocycles. The highest BCUT2D eigenvalue weighted by Gasteiger charge is 2.07. The molecule has 1 nitrogen and oxygen atoms in total. The van der Waals surface area contributed by atoms with Crippen LogP contribution in [0.2, 0.25) is 10.0 Å². The third-order valence-electron chi connectivity index (χ3n) is 2.32. The minimum atomic E-state index is -0.585. The lowest BCUT2D eigenvalue weighted by molar-refractivity contribution is 0.629. The van der Waals surface area contributed by atoms with E-state index in [1.54, 1.807) is 0 Å². The summed E-state index contributed by atoms with van der Waals surface area (Å²) < 4.78 is 13.2. The second-order valence-electron chi connectivity index (χ2n) is 3.59. The largest absolute Gasteiger partial charge is 0.381 e. The van der Waals surface area contributed by atoms with Crippen LogP contribution < -0.4 is 5.32 Å². The van der Waals surface area contributed by atoms with Gasteiger partial charge in [0.1, 0.15) is 0 Å². The van der Waals surface area contributed by atoms with E-state index in [0.29, 0.717) is 12.2 Å². The van der Waals surface area contributed by atoms with Crippen molar-refractivity contribution in [2.45, 2.75) is 6.54 Å². The van der Waals surface area contributed by atoms with E-state index in [1.807, 2.05) is 30.3 Å². The highest BCUT2D eigenvalue weighted by Crippen LogP contribution is 2.27. The van der Waals surface area contributed by atoms with Crippen LogP contribution in [-0.4, -0.2) is 0 Å². The summed E-state index contributed by atoms with van der Waals surface area (Å²) in [5, 5.41) is 3.18. The summed E-state index contributed by atoms with van der Waals surface area (Å²) in [6.45, 7) is 0.638. The minimum absolute atomic E-state index is 0.0214. The first kappa shape index (κ1) is 12.2. The normalized spacial score (nSPS) is 10.3. The van der Waals surface area contributed by atoms with Gasteiger partial charge in [-0.3, -0.25) is 0 Å². The molecule has 0 unspecified atom stereocenters. The Labute approximate surface area is 109 Å². The predicted molar refractivity (Wildman–Crippen MR) is 70.2 cm³/mol. The lowest BCUT2D eigenvalue weighted by Crippen LogP contribution is -1.99. The molecule has 0 aliphatic carbocycles. The average molecular weight is 270 g/mol. The number of anilines is 1. The molecule has 0 heterocycles. The standard InChI is InChI=1S/C13H10Cl2FN/c14-11-6-10(7-12(15)13(11)16)17-8-9-4-2-1-3-5-9/h1-7,17H,8H2. The average Bonchev–Trinajstić information content (AvgIpc) is 2.34. The lowest BCUT2D eigenvalue weighted by atomic mass is 10.2. The van der Waals surface area contributed by atoms with Crippen LogP contribution >= 0.6 is 23.2 Å². The third-order valence-corrected chi connectivity index (χ3v) is 2.87. The smallest absolute Gasteiger partial charge is 0.160 e. The van der Waals surface area contributed by atoms with Crippen molar-refractivity contribution in [1.82, 2.24) is 0 Å². The Kier molecular flexibility index (Phi) is 3.87. The molecular formula is C13H10Cl2FN. The van der Waals surface area contributed by atoms with Gasteiger partial charge < -0.3 is 5.32 Å². The molecular weight excluding hydrogens is 260 g/mol. The van der Waals surface area contributed by atoms with Gasteiger partial charge >= 0.3 is 0 Å². The van der Waals surface area contributed by atoms with E-state index in [9.17, 15) is 4.39 Å². The first-order valence-corrected chi connectivity index (χ1v) is 5.85. The molecule has 1 N–H and O–H groups in total. The molecule has 2 aromatic rings. The van der Waals surface area contributed by atoms with Gasteiger partial charge in [0.05, 0.1) is 10.0 Å². The van der Waals surface area contributed by atoms with Crippen LogP contribution in [-0.2, 0) is 6.54 Å². The maximum atomic E-state index is 13.2. The molecule has 0 atom stereocenters. The number of halogens is 3. The van der Waals surface area contributed by atoms with Crippen LogP contribution in [0.25, 0.3) is 0 Å². The van der Waals surface area contributed by atoms with Crippen LogP contribution in [0.1, 0.15) is 5.56 Å². The predicted octanol–water partition coefficient (Wildman–Crippen LogP) is 4.74. The number of hydrogen-bond acceptors (Lipinski definition) is 1. The fourth-order valence-corrected chi connectivity index (χ4v) is 1.94. The van der Waals surface area contributed by atoms with Crippen molar-refractivity contribution in [3.05, 3.63) is 63.9 Å². The quantitative estimate of drug-likeness (QED) is 0.794. The molecule has 0 bridgehead atoms. The lowest BCUT2D eigenvalue weighted by Gasteiger charge is -2.08. The van der Waals surface area contributed by atoms with Crippen LogP contribution in [0.15, 0.2) is 42.5 Å². The first-order valence-electron chi connectivity index (χ1n) is 5.09. The fourth-order valence-electron chi connectivity index (χ4n) is 1.46. The Balaban J connectivity index is 2.10. The van der Waals surface area contributed by atoms with Crippen molar-refractivity contribution < 1.29 is 4.39 Å². The summed E-state index contributed by atoms with van der Waals surface area (Å²) in [6.07, 6.45) is 0. The number of nitrogens with one attached hydrogen (secondary N) is 1. The molecule has 0 aliphatic rings. The maximum absolute atomic E-state index is 13.2. The van der Waals surface area contributed by atoms with Gasteiger partial charge in [-0.15, -0.1) is 0 Å². The third kappa shape index (κ3) is 3.11. The van der Waals surface area contributed by atoms with Gasteiger partial charge in [-0.05, 0) is 17.7 Å². The molecule has 0 fully saturated rings. The highest BCUT2D eigenvalue weighted by atomic mass is 35.5. The SMILES string of the molecule is Fc1c(Cl)cc(NCc2ccccc2)cc1Cl. The molecule has 88 valence electrons. The maximum Gasteiger partial charge on any atom is 0.160 e. The highest BCUT2D eigenvalue weighted by molar-refractivity contribution is 6.35. The van der Waals surface area contributed by atoms with E-state index in [1.165, 1.54) is 12.1 Å². The number of hydrogen-bond donors (Lipinski definition) is 1. The van der Waals surface area contributed by atoms with E-state index >= 15 is 0 Å². The van der Waals surface area contributed by atoms with E-state index in [0.717, 1.165) is 5.56 Å². The van der Waals surface area contributed by atoms with Crippen LogP contribution in [0, 0.1) is 5.82 Å². The zero-order chi connectivity index (χ0) is 12.3. The summed E-state index contributed by atoms with van der Waals surface area (Å²) in [5.41, 5.74) is 1.83. The van der Waals surface area contributed by atoms with E-state index in [4.69, 9.17) is 23.2 Å². The molecule has 0 saturated heterocycles. The van der Waals surface area contributed by atoms with Gasteiger partial charge in [-0.1, -0.05) is 53.5 Å². The van der Waals surface area contributed by atoms with Crippen molar-refractivity contribution in [3.63, 3.8) is 0 Å². The summed E-state index contributed by atoms with van der Waals surface area (Å²) >= 11 is 11.4. The zero-order valence-electron chi connectivity index (χ0n) is 8.88. The topological polar surface area (TPSA) is 12.0 Å². The first-order chi connectivity index (χ1) is 8.16. The van der Waals surface area contributed by atoms with Crippen LogP contribution in [0.4, 0.5) is 10.1 Å². The minimum Gasteiger partial charge on any atom is -0.381 e. The molecule has 0 aromatic heterocycles. The second-order valence-corrected chi connectivity index (χ2v) is 4.41. The zero-order valence-corrected chi connectivity index (χ0v) is 10.4. The Morgan fingerprint density at radius 2 is 1.59 bits per heavy atom. The molecule has 17 heavy (non-hydrogen) atoms. The molecule has 0 aliphatic heterocycles. The van der Waals surface area contributed by atoms with Crippen molar-refractivity contribution >= 4 is 28.9 Å². The molecule has 0 spiro atoms. The van der Waals surface area contributed by atoms with Crippen molar-refractivity contribution in [3.8, 4) is 0 Å². The Morgan fingerprint density at radius 3 is 2.18 bits per heavy atom. The van der Waals surface area contributed by atoms with Crippen molar-refractivity contribution in [2.24, 2.45) is 0 Å². The summed E-state index contributed by atoms with van der Waals surface area (Å²) in [4.78, 5) is 0. The van der Waals surface area contributed by atoms with Gasteiger partial charge in [-0.2, -0.15) is 0 Å². The van der Waals surface area contributed by atoms with E-state index in [-0.39, 0.29) is 10.0 Å². The van der Waals surface area contributed by atoms with E-state index in [2.05, 4.69) is 5.32 Å². The summed E-state index contributed by atoms with van der Waals surface area (Å²) in [5.74, 6) is -0.585. The van der Waals surface area contributed by atoms with Crippen molar-refractivity contribution in [1.29, 1.82) is 0 Å². The Morgan fingerprint density at radius 1 is 1.00 bits per heavy atom. The van der Waals surface area contributed by atoms with Crippen molar-refractivity contribution in [2.75, 3.05) is 5.32 Å². The molecule has 0 amide bonds. The van der Waals surface area contributed by atoms with Gasteiger partial charge in [0.2, 0.25) is 0 Å². The summed E-state index contributed by atoms with van der Waals surface area (Å²) in [6, 6.07) is 12.9. The Bertz CT molecular complexity index is 491. The number of rotatable bonds is 3. The van der Waals surface area contributed by atoms with Crippen LogP contribution in [0.5, 0.6) is 0 Å². The Hall–Kier alpha value is -1.25. The van der Waals surface area contributed by atoms with Gasteiger partial charge in [0, 0.05) is 12.2 Å². The molecule has 4 heteroatoms. The molecule has 0 radical (unpaired) electrons. The molecule has 2 aromatic carbocycles. The summed E-state index contributed by atoms with van der Waals surface area (Å²) in [7, 11) is 0. The molecule has 2 rings (SSSR count). The van der Waals surface area contributed by atoms with Crippen LogP contribution in [0.3, 0.4) is 0 Å². The van der Waals surface area contributed by atoms with Gasteiger partial charge in [0.15, 0.2) is 5.82 Å². The van der Waals surface area contributed by atoms with Gasteiger partial charge in [0.25, 0.3) is 0 Å². The van der Waals surface area contributed by atoms with Gasteiger partial charge in [-0.25, -0.2) is 4.39 Å². The van der Waals surface area contributed by atoms with E-state index < -0.39 is 5.82 Å².